The first-order valence-corrected chi connectivity index (χ1v) is 19.0. The van der Waals surface area contributed by atoms with Crippen LogP contribution in [0.5, 0.6) is 0 Å². The van der Waals surface area contributed by atoms with E-state index >= 15 is 0 Å². The van der Waals surface area contributed by atoms with Gasteiger partial charge in [0.2, 0.25) is 0 Å². The highest BCUT2D eigenvalue weighted by molar-refractivity contribution is 6.18. The first kappa shape index (κ1) is 35.5. The molecule has 1 aromatic rings. The second kappa shape index (κ2) is 15.1. The highest BCUT2D eigenvalue weighted by Crippen LogP contribution is 2.67. The zero-order valence-corrected chi connectivity index (χ0v) is 30.3. The molecule has 0 radical (unpaired) electrons. The molecule has 0 bridgehead atoms. The van der Waals surface area contributed by atoms with Crippen LogP contribution in [-0.4, -0.2) is 42.3 Å². The molecule has 0 aromatic heterocycles. The van der Waals surface area contributed by atoms with E-state index in [1.807, 2.05) is 30.3 Å². The molecular formula is C39H56Cl2N2O3. The maximum Gasteiger partial charge on any atom is 0.339 e. The fourth-order valence-corrected chi connectivity index (χ4v) is 10.6. The number of carbonyl (C=O) groups is 2. The highest BCUT2D eigenvalue weighted by atomic mass is 35.5. The smallest absolute Gasteiger partial charge is 0.339 e. The highest BCUT2D eigenvalue weighted by Gasteiger charge is 2.60. The predicted octanol–water partition coefficient (Wildman–Crippen LogP) is 9.63. The summed E-state index contributed by atoms with van der Waals surface area (Å²) in [5, 5.41) is 4.59. The van der Waals surface area contributed by atoms with Crippen LogP contribution in [0.4, 0.5) is 5.69 Å². The standard InChI is InChI=1S/C39H56Cl2N2O3/c1-26(2)7-6-8-27(3)32-13-14-33-31-25-36(35-24-30(44)15-17-39(35,5)34(31)16-18-38(32,33)4)42-46-37(45)23-28-9-11-29(12-10-28)43(21-19-40)22-20-41/h9-12,24,26-27,31-34H,6-8,13-23,25H2,1-5H3/b42-36+/t27-,31+,32-,33+,34+,38-,39-/m1/s1. The second-order valence-electron chi connectivity index (χ2n) is 15.8. The largest absolute Gasteiger partial charge is 0.369 e. The van der Waals surface area contributed by atoms with Gasteiger partial charge in [0, 0.05) is 37.0 Å². The summed E-state index contributed by atoms with van der Waals surface area (Å²) in [5.74, 6) is 4.82. The van der Waals surface area contributed by atoms with Crippen LogP contribution in [0.25, 0.3) is 0 Å². The van der Waals surface area contributed by atoms with Crippen molar-refractivity contribution in [1.82, 2.24) is 0 Å². The van der Waals surface area contributed by atoms with Crippen molar-refractivity contribution in [1.29, 1.82) is 0 Å². The third-order valence-corrected chi connectivity index (χ3v) is 13.0. The number of hydrogen-bond donors (Lipinski definition) is 0. The molecule has 0 N–H and O–H groups in total. The van der Waals surface area contributed by atoms with E-state index < -0.39 is 0 Å². The van der Waals surface area contributed by atoms with E-state index in [-0.39, 0.29) is 23.6 Å². The molecule has 5 nitrogen and oxygen atoms in total. The van der Waals surface area contributed by atoms with Crippen LogP contribution in [0.15, 0.2) is 41.1 Å². The molecule has 3 saturated carbocycles. The molecule has 7 atom stereocenters. The van der Waals surface area contributed by atoms with Crippen molar-refractivity contribution in [2.45, 2.75) is 105 Å². The Bertz CT molecular complexity index is 1290. The molecular weight excluding hydrogens is 615 g/mol. The molecule has 3 fully saturated rings. The summed E-state index contributed by atoms with van der Waals surface area (Å²) in [7, 11) is 0. The van der Waals surface area contributed by atoms with Crippen LogP contribution in [-0.2, 0) is 20.8 Å². The van der Waals surface area contributed by atoms with Crippen LogP contribution >= 0.6 is 23.2 Å². The van der Waals surface area contributed by atoms with Gasteiger partial charge in [-0.2, -0.15) is 0 Å². The molecule has 4 aliphatic carbocycles. The normalized spacial score (nSPS) is 32.0. The second-order valence-corrected chi connectivity index (χ2v) is 16.5. The third kappa shape index (κ3) is 7.41. The predicted molar refractivity (Wildman–Crippen MR) is 191 cm³/mol. The number of hydrogen-bond acceptors (Lipinski definition) is 5. The van der Waals surface area contributed by atoms with Crippen molar-refractivity contribution in [3.63, 3.8) is 0 Å². The Balaban J connectivity index is 1.31. The molecule has 0 saturated heterocycles. The summed E-state index contributed by atoms with van der Waals surface area (Å²) in [5.41, 5.74) is 4.00. The van der Waals surface area contributed by atoms with Gasteiger partial charge in [-0.05, 0) is 114 Å². The van der Waals surface area contributed by atoms with E-state index in [1.165, 1.54) is 44.9 Å². The zero-order chi connectivity index (χ0) is 33.1. The zero-order valence-electron chi connectivity index (χ0n) is 28.8. The molecule has 0 aliphatic heterocycles. The maximum atomic E-state index is 13.1. The number of benzene rings is 1. The summed E-state index contributed by atoms with van der Waals surface area (Å²) < 4.78 is 0. The number of anilines is 1. The Morgan fingerprint density at radius 1 is 1.00 bits per heavy atom. The number of halogens is 2. The van der Waals surface area contributed by atoms with E-state index in [1.54, 1.807) is 0 Å². The average molecular weight is 672 g/mol. The minimum absolute atomic E-state index is 0.0991. The summed E-state index contributed by atoms with van der Waals surface area (Å²) in [6.07, 6.45) is 13.3. The minimum atomic E-state index is -0.380. The van der Waals surface area contributed by atoms with Gasteiger partial charge in [-0.15, -0.1) is 23.2 Å². The first-order chi connectivity index (χ1) is 22.0. The van der Waals surface area contributed by atoms with Crippen molar-refractivity contribution in [3.05, 3.63) is 41.5 Å². The van der Waals surface area contributed by atoms with Gasteiger partial charge >= 0.3 is 5.97 Å². The number of fused-ring (bicyclic) bond motifs is 5. The molecule has 0 heterocycles. The van der Waals surface area contributed by atoms with Crippen LogP contribution in [0.2, 0.25) is 0 Å². The number of nitrogens with zero attached hydrogens (tertiary/aromatic N) is 2. The number of oxime groups is 1. The molecule has 0 spiro atoms. The quantitative estimate of drug-likeness (QED) is 0.119. The lowest BCUT2D eigenvalue weighted by Gasteiger charge is -2.58. The lowest BCUT2D eigenvalue weighted by molar-refractivity contribution is -0.142. The van der Waals surface area contributed by atoms with Gasteiger partial charge in [0.1, 0.15) is 0 Å². The topological polar surface area (TPSA) is 59.0 Å². The molecule has 254 valence electrons. The number of rotatable bonds is 13. The van der Waals surface area contributed by atoms with Crippen LogP contribution < -0.4 is 4.90 Å². The summed E-state index contributed by atoms with van der Waals surface area (Å²) in [4.78, 5) is 33.6. The summed E-state index contributed by atoms with van der Waals surface area (Å²) >= 11 is 11.9. The van der Waals surface area contributed by atoms with Gasteiger partial charge in [0.05, 0.1) is 12.1 Å². The molecule has 4 aliphatic rings. The third-order valence-electron chi connectivity index (χ3n) is 12.6. The van der Waals surface area contributed by atoms with Crippen molar-refractivity contribution < 1.29 is 14.4 Å². The SMILES string of the molecule is CC(C)CCC[C@@H](C)[C@H]1CC[C@H]2[C@@H]3C/C(=N\OC(=O)Cc4ccc(N(CCCl)CCCl)cc4)C4=CC(=O)CC[C@]4(C)[C@H]3CC[C@]12C. The fraction of sp³-hybridized carbons (Fsp3) is 0.718. The van der Waals surface area contributed by atoms with Crippen molar-refractivity contribution in [2.24, 2.45) is 51.5 Å². The Morgan fingerprint density at radius 3 is 2.39 bits per heavy atom. The number of allylic oxidation sites excluding steroid dienone is 1. The Labute approximate surface area is 287 Å². The summed E-state index contributed by atoms with van der Waals surface area (Å²) in [6.45, 7) is 13.6. The van der Waals surface area contributed by atoms with Gasteiger partial charge in [0.25, 0.3) is 0 Å². The average Bonchev–Trinajstić information content (AvgIpc) is 3.38. The lowest BCUT2D eigenvalue weighted by atomic mass is 9.46. The van der Waals surface area contributed by atoms with Gasteiger partial charge < -0.3 is 9.74 Å². The van der Waals surface area contributed by atoms with Gasteiger partial charge in [-0.25, -0.2) is 4.79 Å². The van der Waals surface area contributed by atoms with Crippen molar-refractivity contribution >= 4 is 46.4 Å². The molecule has 1 aromatic carbocycles. The van der Waals surface area contributed by atoms with Gasteiger partial charge in [-0.1, -0.05) is 71.2 Å². The molecule has 7 heteroatoms. The Kier molecular flexibility index (Phi) is 11.7. The van der Waals surface area contributed by atoms with E-state index in [2.05, 4.69) is 44.7 Å². The van der Waals surface area contributed by atoms with E-state index in [9.17, 15) is 9.59 Å². The molecule has 46 heavy (non-hydrogen) atoms. The Morgan fingerprint density at radius 2 is 1.72 bits per heavy atom. The lowest BCUT2D eigenvalue weighted by Crippen LogP contribution is -2.53. The van der Waals surface area contributed by atoms with Crippen LogP contribution in [0.3, 0.4) is 0 Å². The van der Waals surface area contributed by atoms with Crippen molar-refractivity contribution in [3.8, 4) is 0 Å². The minimum Gasteiger partial charge on any atom is -0.369 e. The van der Waals surface area contributed by atoms with Crippen molar-refractivity contribution in [2.75, 3.05) is 29.7 Å². The van der Waals surface area contributed by atoms with Crippen LogP contribution in [0.1, 0.15) is 104 Å². The monoisotopic (exact) mass is 670 g/mol. The molecule has 0 unspecified atom stereocenters. The fourth-order valence-electron chi connectivity index (χ4n) is 10.2. The number of alkyl halides is 2. The molecule has 0 amide bonds. The van der Waals surface area contributed by atoms with Gasteiger partial charge in [-0.3, -0.25) is 4.79 Å². The maximum absolute atomic E-state index is 13.1. The van der Waals surface area contributed by atoms with E-state index in [0.717, 1.165) is 53.1 Å². The van der Waals surface area contributed by atoms with E-state index in [4.69, 9.17) is 28.0 Å². The Hall–Kier alpha value is -1.85. The summed E-state index contributed by atoms with van der Waals surface area (Å²) in [6, 6.07) is 7.90. The van der Waals surface area contributed by atoms with Gasteiger partial charge in [0.15, 0.2) is 5.78 Å². The number of carbonyl (C=O) groups excluding carboxylic acids is 2. The van der Waals surface area contributed by atoms with Crippen LogP contribution in [0, 0.1) is 46.3 Å². The first-order valence-electron chi connectivity index (χ1n) is 18.0. The molecule has 5 rings (SSSR count). The number of ketones is 1. The van der Waals surface area contributed by atoms with E-state index in [0.29, 0.717) is 54.4 Å².